The third-order valence-corrected chi connectivity index (χ3v) is 7.28. The highest BCUT2D eigenvalue weighted by Crippen LogP contribution is 2.37. The largest absolute Gasteiger partial charge is 0.459 e. The Morgan fingerprint density at radius 1 is 1.06 bits per heavy atom. The topological polar surface area (TPSA) is 67.8 Å². The van der Waals surface area contributed by atoms with Crippen molar-refractivity contribution in [2.45, 2.75) is 20.8 Å². The molecule has 0 bridgehead atoms. The molecule has 1 aliphatic heterocycles. The Morgan fingerprint density at radius 2 is 1.78 bits per heavy atom. The van der Waals surface area contributed by atoms with Crippen LogP contribution in [-0.2, 0) is 9.47 Å². The molecular formula is C23H27ClN4O3S. The molecule has 0 N–H and O–H groups in total. The molecule has 1 aliphatic rings. The number of nitrogens with zero attached hydrogens (tertiary/aromatic N) is 4. The Kier molecular flexibility index (Phi) is 6.83. The molecule has 0 aliphatic carbocycles. The summed E-state index contributed by atoms with van der Waals surface area (Å²) >= 11 is 7.56. The van der Waals surface area contributed by atoms with Gasteiger partial charge in [-0.3, -0.25) is 0 Å². The maximum Gasteiger partial charge on any atom is 0.348 e. The number of ether oxygens (including phenoxy) is 2. The summed E-state index contributed by atoms with van der Waals surface area (Å²) in [6.07, 6.45) is 0. The molecule has 3 heterocycles. The van der Waals surface area contributed by atoms with Gasteiger partial charge in [-0.1, -0.05) is 12.1 Å². The van der Waals surface area contributed by atoms with Gasteiger partial charge < -0.3 is 19.3 Å². The van der Waals surface area contributed by atoms with Crippen LogP contribution in [0.25, 0.3) is 10.2 Å². The minimum atomic E-state index is -0.371. The van der Waals surface area contributed by atoms with E-state index in [9.17, 15) is 4.79 Å². The third kappa shape index (κ3) is 4.40. The van der Waals surface area contributed by atoms with Crippen LogP contribution in [0, 0.1) is 20.8 Å². The highest BCUT2D eigenvalue weighted by molar-refractivity contribution is 7.20. The first-order valence-electron chi connectivity index (χ1n) is 10.6. The summed E-state index contributed by atoms with van der Waals surface area (Å²) in [6, 6.07) is 6.44. The van der Waals surface area contributed by atoms with Crippen LogP contribution in [0.3, 0.4) is 0 Å². The van der Waals surface area contributed by atoms with E-state index in [0.717, 1.165) is 42.9 Å². The lowest BCUT2D eigenvalue weighted by molar-refractivity contribution is 0.0393. The molecule has 0 unspecified atom stereocenters. The van der Waals surface area contributed by atoms with E-state index >= 15 is 0 Å². The molecule has 0 amide bonds. The van der Waals surface area contributed by atoms with Crippen molar-refractivity contribution in [2.24, 2.45) is 0 Å². The van der Waals surface area contributed by atoms with Crippen LogP contribution in [0.4, 0.5) is 11.5 Å². The van der Waals surface area contributed by atoms with Crippen molar-refractivity contribution >= 4 is 50.6 Å². The number of carbonyl (C=O) groups is 1. The second-order valence-corrected chi connectivity index (χ2v) is 9.21. The molecule has 1 aromatic carbocycles. The number of piperazine rings is 1. The molecule has 0 spiro atoms. The Hall–Kier alpha value is -2.42. The lowest BCUT2D eigenvalue weighted by atomic mass is 10.1. The average molecular weight is 475 g/mol. The Morgan fingerprint density at radius 3 is 2.50 bits per heavy atom. The number of aromatic nitrogens is 2. The van der Waals surface area contributed by atoms with Gasteiger partial charge in [0.15, 0.2) is 0 Å². The molecule has 170 valence electrons. The fourth-order valence-electron chi connectivity index (χ4n) is 4.04. The van der Waals surface area contributed by atoms with E-state index in [0.29, 0.717) is 16.3 Å². The SMILES string of the molecule is COCCOC(=O)c1sc2nc(Cl)nc(N3CCN(c4cccc(C)c4C)CC3)c2c1C. The van der Waals surface area contributed by atoms with Crippen LogP contribution in [0.2, 0.25) is 5.28 Å². The van der Waals surface area contributed by atoms with Crippen LogP contribution in [-0.4, -0.2) is 62.4 Å². The summed E-state index contributed by atoms with van der Waals surface area (Å²) in [5.74, 6) is 0.412. The summed E-state index contributed by atoms with van der Waals surface area (Å²) in [5, 5.41) is 1.06. The molecule has 4 rings (SSSR count). The number of esters is 1. The number of methoxy groups -OCH3 is 1. The second-order valence-electron chi connectivity index (χ2n) is 7.87. The number of rotatable bonds is 6. The van der Waals surface area contributed by atoms with Gasteiger partial charge in [-0.05, 0) is 55.1 Å². The van der Waals surface area contributed by atoms with Crippen molar-refractivity contribution in [3.05, 3.63) is 45.1 Å². The molecule has 32 heavy (non-hydrogen) atoms. The van der Waals surface area contributed by atoms with Gasteiger partial charge >= 0.3 is 5.97 Å². The zero-order valence-corrected chi connectivity index (χ0v) is 20.3. The van der Waals surface area contributed by atoms with Crippen LogP contribution in [0.15, 0.2) is 18.2 Å². The number of carbonyl (C=O) groups excluding carboxylic acids is 1. The summed E-state index contributed by atoms with van der Waals surface area (Å²) in [7, 11) is 1.57. The predicted octanol–water partition coefficient (Wildman–Crippen LogP) is 4.40. The first-order valence-corrected chi connectivity index (χ1v) is 11.8. The van der Waals surface area contributed by atoms with Crippen LogP contribution in [0.1, 0.15) is 26.4 Å². The second kappa shape index (κ2) is 9.60. The van der Waals surface area contributed by atoms with E-state index in [-0.39, 0.29) is 17.9 Å². The van der Waals surface area contributed by atoms with E-state index in [1.165, 1.54) is 28.2 Å². The number of fused-ring (bicyclic) bond motifs is 1. The monoisotopic (exact) mass is 474 g/mol. The maximum atomic E-state index is 12.6. The number of halogens is 1. The van der Waals surface area contributed by atoms with Crippen molar-refractivity contribution in [3.8, 4) is 0 Å². The number of benzene rings is 1. The summed E-state index contributed by atoms with van der Waals surface area (Å²) in [5.41, 5.74) is 4.73. The molecular weight excluding hydrogens is 448 g/mol. The number of hydrogen-bond donors (Lipinski definition) is 0. The molecule has 0 atom stereocenters. The van der Waals surface area contributed by atoms with Crippen LogP contribution < -0.4 is 9.80 Å². The highest BCUT2D eigenvalue weighted by Gasteiger charge is 2.26. The van der Waals surface area contributed by atoms with E-state index in [1.54, 1.807) is 7.11 Å². The molecule has 9 heteroatoms. The van der Waals surface area contributed by atoms with Crippen molar-refractivity contribution < 1.29 is 14.3 Å². The van der Waals surface area contributed by atoms with Crippen molar-refractivity contribution in [1.82, 2.24) is 9.97 Å². The average Bonchev–Trinajstić information content (AvgIpc) is 3.11. The fraction of sp³-hybridized carbons (Fsp3) is 0.435. The Labute approximate surface area is 196 Å². The molecule has 7 nitrogen and oxygen atoms in total. The normalized spacial score (nSPS) is 14.3. The van der Waals surface area contributed by atoms with Crippen molar-refractivity contribution in [2.75, 3.05) is 56.3 Å². The number of thiophene rings is 1. The Bertz CT molecular complexity index is 1140. The molecule has 2 aromatic heterocycles. The summed E-state index contributed by atoms with van der Waals surface area (Å²) in [6.45, 7) is 10.2. The van der Waals surface area contributed by atoms with Gasteiger partial charge in [-0.15, -0.1) is 11.3 Å². The lowest BCUT2D eigenvalue weighted by Gasteiger charge is -2.37. The van der Waals surface area contributed by atoms with Crippen molar-refractivity contribution in [1.29, 1.82) is 0 Å². The van der Waals surface area contributed by atoms with Crippen LogP contribution in [0.5, 0.6) is 0 Å². The standard InChI is InChI=1S/C23H27ClN4O3S/c1-14-6-5-7-17(15(14)2)27-8-10-28(11-9-27)20-18-16(3)19(22(29)31-13-12-30-4)32-21(18)26-23(24)25-20/h5-7H,8-13H2,1-4H3. The molecule has 0 radical (unpaired) electrons. The van der Waals surface area contributed by atoms with Gasteiger partial charge in [-0.25, -0.2) is 9.78 Å². The first kappa shape index (κ1) is 22.8. The zero-order valence-electron chi connectivity index (χ0n) is 18.8. The lowest BCUT2D eigenvalue weighted by Crippen LogP contribution is -2.47. The minimum Gasteiger partial charge on any atom is -0.459 e. The smallest absolute Gasteiger partial charge is 0.348 e. The summed E-state index contributed by atoms with van der Waals surface area (Å²) in [4.78, 5) is 27.4. The Balaban J connectivity index is 1.59. The van der Waals surface area contributed by atoms with Gasteiger partial charge in [0.05, 0.1) is 12.0 Å². The van der Waals surface area contributed by atoms with Crippen molar-refractivity contribution in [3.63, 3.8) is 0 Å². The molecule has 1 saturated heterocycles. The number of anilines is 2. The summed E-state index contributed by atoms with van der Waals surface area (Å²) < 4.78 is 10.3. The first-order chi connectivity index (χ1) is 15.4. The molecule has 0 saturated carbocycles. The molecule has 1 fully saturated rings. The fourth-order valence-corrected chi connectivity index (χ4v) is 5.32. The van der Waals surface area contributed by atoms with E-state index in [1.807, 2.05) is 6.92 Å². The predicted molar refractivity (Wildman–Crippen MR) is 130 cm³/mol. The minimum absolute atomic E-state index is 0.185. The quantitative estimate of drug-likeness (QED) is 0.298. The van der Waals surface area contributed by atoms with Gasteiger partial charge in [0, 0.05) is 39.0 Å². The van der Waals surface area contributed by atoms with E-state index < -0.39 is 0 Å². The maximum absolute atomic E-state index is 12.6. The molecule has 3 aromatic rings. The third-order valence-electron chi connectivity index (χ3n) is 5.95. The van der Waals surface area contributed by atoms with Gasteiger partial charge in [0.25, 0.3) is 0 Å². The number of hydrogen-bond acceptors (Lipinski definition) is 8. The number of aryl methyl sites for hydroxylation is 2. The van der Waals surface area contributed by atoms with Gasteiger partial charge in [0.1, 0.15) is 22.1 Å². The zero-order chi connectivity index (χ0) is 22.8. The van der Waals surface area contributed by atoms with E-state index in [4.69, 9.17) is 21.1 Å². The van der Waals surface area contributed by atoms with E-state index in [2.05, 4.69) is 51.8 Å². The van der Waals surface area contributed by atoms with Gasteiger partial charge in [0.2, 0.25) is 5.28 Å². The van der Waals surface area contributed by atoms with Gasteiger partial charge in [-0.2, -0.15) is 4.98 Å². The van der Waals surface area contributed by atoms with Crippen LogP contribution >= 0.6 is 22.9 Å². The highest BCUT2D eigenvalue weighted by atomic mass is 35.5.